The lowest BCUT2D eigenvalue weighted by atomic mass is 10.1. The third-order valence-corrected chi connectivity index (χ3v) is 1.58. The number of hydrogen-bond acceptors (Lipinski definition) is 3. The topological polar surface area (TPSA) is 64.9 Å². The average molecular weight is 151 g/mol. The molecule has 1 rings (SSSR count). The van der Waals surface area contributed by atoms with E-state index in [1.54, 1.807) is 6.20 Å². The summed E-state index contributed by atoms with van der Waals surface area (Å²) in [5, 5.41) is 0. The highest BCUT2D eigenvalue weighted by Gasteiger charge is 2.04. The van der Waals surface area contributed by atoms with Crippen LogP contribution >= 0.6 is 0 Å². The normalized spacial score (nSPS) is 13.0. The van der Waals surface area contributed by atoms with E-state index in [0.717, 1.165) is 11.1 Å². The SMILES string of the molecule is Cc1cnc(N)c([C@@H](C)N)c1. The Balaban J connectivity index is 3.13. The van der Waals surface area contributed by atoms with Crippen molar-refractivity contribution in [2.75, 3.05) is 5.73 Å². The Kier molecular flexibility index (Phi) is 2.10. The number of aromatic nitrogens is 1. The van der Waals surface area contributed by atoms with Crippen LogP contribution in [0, 0.1) is 6.92 Å². The zero-order chi connectivity index (χ0) is 8.43. The minimum absolute atomic E-state index is 0.0394. The van der Waals surface area contributed by atoms with E-state index < -0.39 is 0 Å². The van der Waals surface area contributed by atoms with Gasteiger partial charge in [0.15, 0.2) is 0 Å². The Morgan fingerprint density at radius 1 is 1.55 bits per heavy atom. The standard InChI is InChI=1S/C8H13N3/c1-5-3-7(6(2)9)8(10)11-4-5/h3-4,6H,9H2,1-2H3,(H2,10,11)/t6-/m1/s1. The van der Waals surface area contributed by atoms with Crippen molar-refractivity contribution in [2.24, 2.45) is 5.73 Å². The molecule has 1 atom stereocenters. The zero-order valence-corrected chi connectivity index (χ0v) is 6.83. The van der Waals surface area contributed by atoms with Crippen molar-refractivity contribution in [3.05, 3.63) is 23.4 Å². The molecule has 1 heterocycles. The molecule has 0 saturated heterocycles. The molecule has 4 N–H and O–H groups in total. The first-order chi connectivity index (χ1) is 5.11. The third kappa shape index (κ3) is 1.68. The number of nitrogens with zero attached hydrogens (tertiary/aromatic N) is 1. The van der Waals surface area contributed by atoms with E-state index in [9.17, 15) is 0 Å². The van der Waals surface area contributed by atoms with E-state index in [2.05, 4.69) is 4.98 Å². The first kappa shape index (κ1) is 8.01. The fraction of sp³-hybridized carbons (Fsp3) is 0.375. The fourth-order valence-corrected chi connectivity index (χ4v) is 0.967. The molecule has 11 heavy (non-hydrogen) atoms. The van der Waals surface area contributed by atoms with Crippen LogP contribution in [0.3, 0.4) is 0 Å². The van der Waals surface area contributed by atoms with E-state index in [1.165, 1.54) is 0 Å². The van der Waals surface area contributed by atoms with E-state index in [-0.39, 0.29) is 6.04 Å². The number of nitrogen functional groups attached to an aromatic ring is 1. The predicted octanol–water partition coefficient (Wildman–Crippen LogP) is 0.992. The van der Waals surface area contributed by atoms with Crippen LogP contribution in [0.15, 0.2) is 12.3 Å². The van der Waals surface area contributed by atoms with Gasteiger partial charge in [0.2, 0.25) is 0 Å². The molecular formula is C8H13N3. The molecule has 0 unspecified atom stereocenters. The monoisotopic (exact) mass is 151 g/mol. The quantitative estimate of drug-likeness (QED) is 0.629. The lowest BCUT2D eigenvalue weighted by molar-refractivity contribution is 0.814. The summed E-state index contributed by atoms with van der Waals surface area (Å²) in [7, 11) is 0. The van der Waals surface area contributed by atoms with Crippen molar-refractivity contribution in [1.29, 1.82) is 0 Å². The maximum absolute atomic E-state index is 5.66. The van der Waals surface area contributed by atoms with Gasteiger partial charge in [0.05, 0.1) is 0 Å². The molecule has 3 heteroatoms. The number of hydrogen-bond donors (Lipinski definition) is 2. The summed E-state index contributed by atoms with van der Waals surface area (Å²) in [6, 6.07) is 1.93. The van der Waals surface area contributed by atoms with Gasteiger partial charge in [-0.1, -0.05) is 0 Å². The lowest BCUT2D eigenvalue weighted by Gasteiger charge is -2.08. The summed E-state index contributed by atoms with van der Waals surface area (Å²) in [6.07, 6.45) is 1.74. The van der Waals surface area contributed by atoms with Crippen molar-refractivity contribution < 1.29 is 0 Å². The van der Waals surface area contributed by atoms with Gasteiger partial charge in [-0.25, -0.2) is 4.98 Å². The number of aryl methyl sites for hydroxylation is 1. The molecule has 0 aliphatic heterocycles. The van der Waals surface area contributed by atoms with E-state index in [4.69, 9.17) is 11.5 Å². The molecule has 0 spiro atoms. The maximum Gasteiger partial charge on any atom is 0.128 e. The van der Waals surface area contributed by atoms with Gasteiger partial charge in [-0.2, -0.15) is 0 Å². The second kappa shape index (κ2) is 2.88. The summed E-state index contributed by atoms with van der Waals surface area (Å²) in [5.41, 5.74) is 13.3. The minimum atomic E-state index is -0.0394. The molecule has 0 aromatic carbocycles. The highest BCUT2D eigenvalue weighted by atomic mass is 14.8. The van der Waals surface area contributed by atoms with Gasteiger partial charge in [0.25, 0.3) is 0 Å². The Hall–Kier alpha value is -1.09. The molecule has 60 valence electrons. The molecule has 0 radical (unpaired) electrons. The van der Waals surface area contributed by atoms with E-state index >= 15 is 0 Å². The van der Waals surface area contributed by atoms with E-state index in [1.807, 2.05) is 19.9 Å². The maximum atomic E-state index is 5.66. The number of nitrogens with two attached hydrogens (primary N) is 2. The minimum Gasteiger partial charge on any atom is -0.383 e. The molecule has 1 aromatic rings. The number of pyridine rings is 1. The number of anilines is 1. The molecule has 0 aliphatic carbocycles. The van der Waals surface area contributed by atoms with Crippen LogP contribution in [0.1, 0.15) is 24.1 Å². The molecule has 1 aromatic heterocycles. The van der Waals surface area contributed by atoms with Crippen LogP contribution < -0.4 is 11.5 Å². The van der Waals surface area contributed by atoms with Gasteiger partial charge in [0.1, 0.15) is 5.82 Å². The lowest BCUT2D eigenvalue weighted by Crippen LogP contribution is -2.09. The van der Waals surface area contributed by atoms with Crippen LogP contribution in [0.4, 0.5) is 5.82 Å². The van der Waals surface area contributed by atoms with Gasteiger partial charge in [0, 0.05) is 17.8 Å². The highest BCUT2D eigenvalue weighted by molar-refractivity contribution is 5.42. The first-order valence-electron chi connectivity index (χ1n) is 3.59. The van der Waals surface area contributed by atoms with Gasteiger partial charge in [-0.05, 0) is 25.5 Å². The van der Waals surface area contributed by atoms with Crippen molar-refractivity contribution in [3.8, 4) is 0 Å². The molecule has 3 nitrogen and oxygen atoms in total. The Bertz CT molecular complexity index is 256. The summed E-state index contributed by atoms with van der Waals surface area (Å²) >= 11 is 0. The largest absolute Gasteiger partial charge is 0.383 e. The third-order valence-electron chi connectivity index (χ3n) is 1.58. The van der Waals surface area contributed by atoms with Gasteiger partial charge >= 0.3 is 0 Å². The van der Waals surface area contributed by atoms with Crippen molar-refractivity contribution in [2.45, 2.75) is 19.9 Å². The van der Waals surface area contributed by atoms with E-state index in [0.29, 0.717) is 5.82 Å². The summed E-state index contributed by atoms with van der Waals surface area (Å²) < 4.78 is 0. The highest BCUT2D eigenvalue weighted by Crippen LogP contribution is 2.16. The Morgan fingerprint density at radius 3 is 2.64 bits per heavy atom. The van der Waals surface area contributed by atoms with Crippen molar-refractivity contribution >= 4 is 5.82 Å². The van der Waals surface area contributed by atoms with Gasteiger partial charge in [-0.3, -0.25) is 0 Å². The summed E-state index contributed by atoms with van der Waals surface area (Å²) in [4.78, 5) is 4.00. The van der Waals surface area contributed by atoms with Crippen LogP contribution in [-0.4, -0.2) is 4.98 Å². The Labute approximate surface area is 66.4 Å². The van der Waals surface area contributed by atoms with Crippen LogP contribution in [0.2, 0.25) is 0 Å². The Morgan fingerprint density at radius 2 is 2.18 bits per heavy atom. The zero-order valence-electron chi connectivity index (χ0n) is 6.83. The van der Waals surface area contributed by atoms with Gasteiger partial charge in [-0.15, -0.1) is 0 Å². The first-order valence-corrected chi connectivity index (χ1v) is 3.59. The molecule has 0 saturated carbocycles. The molecule has 0 amide bonds. The summed E-state index contributed by atoms with van der Waals surface area (Å²) in [5.74, 6) is 0.533. The predicted molar refractivity (Wildman–Crippen MR) is 46.0 cm³/mol. The van der Waals surface area contributed by atoms with Gasteiger partial charge < -0.3 is 11.5 Å². The second-order valence-electron chi connectivity index (χ2n) is 2.78. The molecular weight excluding hydrogens is 138 g/mol. The summed E-state index contributed by atoms with van der Waals surface area (Å²) in [6.45, 7) is 3.87. The fourth-order valence-electron chi connectivity index (χ4n) is 0.967. The van der Waals surface area contributed by atoms with Crippen LogP contribution in [0.25, 0.3) is 0 Å². The van der Waals surface area contributed by atoms with Crippen LogP contribution in [-0.2, 0) is 0 Å². The second-order valence-corrected chi connectivity index (χ2v) is 2.78. The van der Waals surface area contributed by atoms with Crippen LogP contribution in [0.5, 0.6) is 0 Å². The number of rotatable bonds is 1. The average Bonchev–Trinajstić information content (AvgIpc) is 1.94. The van der Waals surface area contributed by atoms with Crippen molar-refractivity contribution in [3.63, 3.8) is 0 Å². The molecule has 0 bridgehead atoms. The smallest absolute Gasteiger partial charge is 0.128 e. The molecule has 0 aliphatic rings. The van der Waals surface area contributed by atoms with Crippen molar-refractivity contribution in [1.82, 2.24) is 4.98 Å². The molecule has 0 fully saturated rings.